The molecule has 1 aliphatic heterocycles. The second-order valence-electron chi connectivity index (χ2n) is 8.85. The van der Waals surface area contributed by atoms with Gasteiger partial charge in [-0.15, -0.1) is 0 Å². The third-order valence-corrected chi connectivity index (χ3v) is 6.15. The van der Waals surface area contributed by atoms with Crippen molar-refractivity contribution >= 4 is 28.8 Å². The van der Waals surface area contributed by atoms with E-state index in [1.165, 1.54) is 4.90 Å². The SMILES string of the molecule is CC(C)C[C@H](NC(=O)CCN1C(=O)[C@H]2CCCC[C@H]2C1=O)c1nc2ccccc2o1. The average molecular weight is 412 g/mol. The van der Waals surface area contributed by atoms with Gasteiger partial charge in [0.25, 0.3) is 0 Å². The highest BCUT2D eigenvalue weighted by atomic mass is 16.3. The number of aromatic nitrogens is 1. The lowest BCUT2D eigenvalue weighted by molar-refractivity contribution is -0.140. The zero-order chi connectivity index (χ0) is 21.3. The van der Waals surface area contributed by atoms with Crippen LogP contribution in [0.5, 0.6) is 0 Å². The van der Waals surface area contributed by atoms with Crippen LogP contribution in [0.2, 0.25) is 0 Å². The first kappa shape index (κ1) is 20.6. The van der Waals surface area contributed by atoms with E-state index in [1.807, 2.05) is 24.3 Å². The van der Waals surface area contributed by atoms with Gasteiger partial charge in [-0.25, -0.2) is 4.98 Å². The van der Waals surface area contributed by atoms with Crippen LogP contribution in [-0.2, 0) is 14.4 Å². The Hall–Kier alpha value is -2.70. The monoisotopic (exact) mass is 411 g/mol. The number of hydrogen-bond acceptors (Lipinski definition) is 5. The van der Waals surface area contributed by atoms with Gasteiger partial charge in [-0.3, -0.25) is 19.3 Å². The van der Waals surface area contributed by atoms with Crippen molar-refractivity contribution in [2.24, 2.45) is 17.8 Å². The van der Waals surface area contributed by atoms with Gasteiger partial charge in [0, 0.05) is 13.0 Å². The Balaban J connectivity index is 1.40. The summed E-state index contributed by atoms with van der Waals surface area (Å²) >= 11 is 0. The number of imide groups is 1. The Labute approximate surface area is 176 Å². The van der Waals surface area contributed by atoms with Crippen molar-refractivity contribution in [3.63, 3.8) is 0 Å². The summed E-state index contributed by atoms with van der Waals surface area (Å²) in [6.07, 6.45) is 4.33. The molecule has 0 radical (unpaired) electrons. The zero-order valence-electron chi connectivity index (χ0n) is 17.6. The fourth-order valence-electron chi connectivity index (χ4n) is 4.66. The fourth-order valence-corrected chi connectivity index (χ4v) is 4.66. The molecule has 2 fully saturated rings. The quantitative estimate of drug-likeness (QED) is 0.703. The van der Waals surface area contributed by atoms with E-state index < -0.39 is 0 Å². The maximum absolute atomic E-state index is 12.7. The van der Waals surface area contributed by atoms with E-state index in [0.29, 0.717) is 23.8 Å². The van der Waals surface area contributed by atoms with Crippen molar-refractivity contribution in [3.05, 3.63) is 30.2 Å². The first-order chi connectivity index (χ1) is 14.4. The molecule has 0 spiro atoms. The average Bonchev–Trinajstić information content (AvgIpc) is 3.26. The summed E-state index contributed by atoms with van der Waals surface area (Å²) in [4.78, 5) is 43.7. The minimum Gasteiger partial charge on any atom is -0.438 e. The van der Waals surface area contributed by atoms with E-state index in [2.05, 4.69) is 24.1 Å². The van der Waals surface area contributed by atoms with E-state index in [0.717, 1.165) is 31.2 Å². The highest BCUT2D eigenvalue weighted by Gasteiger charge is 2.47. The number of oxazole rings is 1. The van der Waals surface area contributed by atoms with Gasteiger partial charge in [-0.2, -0.15) is 0 Å². The van der Waals surface area contributed by atoms with Crippen molar-refractivity contribution in [1.29, 1.82) is 0 Å². The summed E-state index contributed by atoms with van der Waals surface area (Å²) in [6, 6.07) is 7.16. The summed E-state index contributed by atoms with van der Waals surface area (Å²) in [6.45, 7) is 4.29. The molecule has 2 aromatic rings. The van der Waals surface area contributed by atoms with Crippen LogP contribution in [0.15, 0.2) is 28.7 Å². The van der Waals surface area contributed by atoms with E-state index in [4.69, 9.17) is 4.42 Å². The molecule has 1 saturated heterocycles. The predicted octanol–water partition coefficient (Wildman–Crippen LogP) is 3.60. The van der Waals surface area contributed by atoms with Crippen LogP contribution in [0, 0.1) is 17.8 Å². The predicted molar refractivity (Wildman–Crippen MR) is 111 cm³/mol. The Morgan fingerprint density at radius 3 is 2.47 bits per heavy atom. The lowest BCUT2D eigenvalue weighted by Crippen LogP contribution is -2.36. The summed E-state index contributed by atoms with van der Waals surface area (Å²) in [5.41, 5.74) is 1.44. The molecule has 7 nitrogen and oxygen atoms in total. The summed E-state index contributed by atoms with van der Waals surface area (Å²) in [5.74, 6) is 0.0435. The molecule has 1 saturated carbocycles. The molecule has 1 N–H and O–H groups in total. The molecule has 1 aromatic carbocycles. The van der Waals surface area contributed by atoms with Crippen LogP contribution in [0.3, 0.4) is 0 Å². The Kier molecular flexibility index (Phi) is 5.88. The van der Waals surface area contributed by atoms with E-state index in [-0.39, 0.29) is 48.6 Å². The minimum atomic E-state index is -0.350. The smallest absolute Gasteiger partial charge is 0.233 e. The van der Waals surface area contributed by atoms with Gasteiger partial charge in [0.15, 0.2) is 5.58 Å². The van der Waals surface area contributed by atoms with Gasteiger partial charge in [0.1, 0.15) is 11.6 Å². The standard InChI is InChI=1S/C23H29N3O4/c1-14(2)13-18(21-25-17-9-5-6-10-19(17)30-21)24-20(27)11-12-26-22(28)15-7-3-4-8-16(15)23(26)29/h5-6,9-10,14-16,18H,3-4,7-8,11-13H2,1-2H3,(H,24,27)/t15-,16+,18-/m0/s1. The largest absolute Gasteiger partial charge is 0.438 e. The third kappa shape index (κ3) is 4.11. The van der Waals surface area contributed by atoms with E-state index in [9.17, 15) is 14.4 Å². The number of para-hydroxylation sites is 2. The van der Waals surface area contributed by atoms with Crippen molar-refractivity contribution in [2.45, 2.75) is 58.4 Å². The van der Waals surface area contributed by atoms with Gasteiger partial charge in [-0.1, -0.05) is 38.8 Å². The van der Waals surface area contributed by atoms with Crippen LogP contribution < -0.4 is 5.32 Å². The molecule has 3 amide bonds. The fraction of sp³-hybridized carbons (Fsp3) is 0.565. The summed E-state index contributed by atoms with van der Waals surface area (Å²) in [7, 11) is 0. The van der Waals surface area contributed by atoms with Crippen LogP contribution in [-0.4, -0.2) is 34.2 Å². The number of carbonyl (C=O) groups excluding carboxylic acids is 3. The van der Waals surface area contributed by atoms with Crippen LogP contribution >= 0.6 is 0 Å². The molecule has 4 rings (SSSR count). The molecule has 2 heterocycles. The van der Waals surface area contributed by atoms with Crippen LogP contribution in [0.25, 0.3) is 11.1 Å². The number of fused-ring (bicyclic) bond motifs is 2. The molecule has 0 bridgehead atoms. The van der Waals surface area contributed by atoms with Gasteiger partial charge in [0.05, 0.1) is 11.8 Å². The normalized spacial score (nSPS) is 22.6. The highest BCUT2D eigenvalue weighted by Crippen LogP contribution is 2.38. The summed E-state index contributed by atoms with van der Waals surface area (Å²) in [5, 5.41) is 3.00. The second kappa shape index (κ2) is 8.58. The lowest BCUT2D eigenvalue weighted by Gasteiger charge is -2.19. The molecule has 2 aliphatic rings. The minimum absolute atomic E-state index is 0.0890. The maximum Gasteiger partial charge on any atom is 0.233 e. The van der Waals surface area contributed by atoms with Gasteiger partial charge < -0.3 is 9.73 Å². The molecule has 1 aliphatic carbocycles. The van der Waals surface area contributed by atoms with E-state index in [1.54, 1.807) is 0 Å². The van der Waals surface area contributed by atoms with Crippen molar-refractivity contribution in [1.82, 2.24) is 15.2 Å². The topological polar surface area (TPSA) is 92.5 Å². The first-order valence-electron chi connectivity index (χ1n) is 10.9. The molecular weight excluding hydrogens is 382 g/mol. The number of nitrogens with one attached hydrogen (secondary N) is 1. The molecule has 160 valence electrons. The molecular formula is C23H29N3O4. The molecule has 7 heteroatoms. The number of likely N-dealkylation sites (tertiary alicyclic amines) is 1. The Morgan fingerprint density at radius 1 is 1.17 bits per heavy atom. The highest BCUT2D eigenvalue weighted by molar-refractivity contribution is 6.05. The first-order valence-corrected chi connectivity index (χ1v) is 10.9. The second-order valence-corrected chi connectivity index (χ2v) is 8.85. The molecule has 30 heavy (non-hydrogen) atoms. The van der Waals surface area contributed by atoms with Crippen molar-refractivity contribution in [3.8, 4) is 0 Å². The van der Waals surface area contributed by atoms with Crippen LogP contribution in [0.4, 0.5) is 0 Å². The molecule has 3 atom stereocenters. The number of nitrogens with zero attached hydrogens (tertiary/aromatic N) is 2. The number of benzene rings is 1. The molecule has 1 aromatic heterocycles. The van der Waals surface area contributed by atoms with Crippen molar-refractivity contribution < 1.29 is 18.8 Å². The van der Waals surface area contributed by atoms with Gasteiger partial charge in [0.2, 0.25) is 23.6 Å². The van der Waals surface area contributed by atoms with Gasteiger partial charge in [-0.05, 0) is 37.3 Å². The number of hydrogen-bond donors (Lipinski definition) is 1. The van der Waals surface area contributed by atoms with Crippen molar-refractivity contribution in [2.75, 3.05) is 6.54 Å². The summed E-state index contributed by atoms with van der Waals surface area (Å²) < 4.78 is 5.86. The third-order valence-electron chi connectivity index (χ3n) is 6.15. The van der Waals surface area contributed by atoms with Gasteiger partial charge >= 0.3 is 0 Å². The molecule has 0 unspecified atom stereocenters. The Bertz CT molecular complexity index is 894. The van der Waals surface area contributed by atoms with Crippen LogP contribution in [0.1, 0.15) is 64.3 Å². The number of carbonyl (C=O) groups is 3. The lowest BCUT2D eigenvalue weighted by atomic mass is 9.81. The zero-order valence-corrected chi connectivity index (χ0v) is 17.6. The number of amides is 3. The number of rotatable bonds is 7. The maximum atomic E-state index is 12.7. The van der Waals surface area contributed by atoms with E-state index >= 15 is 0 Å². The Morgan fingerprint density at radius 2 is 1.83 bits per heavy atom.